The summed E-state index contributed by atoms with van der Waals surface area (Å²) in [7, 11) is 0. The van der Waals surface area contributed by atoms with Crippen molar-refractivity contribution in [2.75, 3.05) is 19.8 Å². The quantitative estimate of drug-likeness (QED) is 0.895. The lowest BCUT2D eigenvalue weighted by Crippen LogP contribution is -2.39. The molecule has 1 saturated heterocycles. The maximum atomic E-state index is 5.74. The molecule has 0 radical (unpaired) electrons. The number of hydrogen-bond acceptors (Lipinski definition) is 4. The van der Waals surface area contributed by atoms with Crippen molar-refractivity contribution in [1.29, 1.82) is 0 Å². The van der Waals surface area contributed by atoms with Crippen LogP contribution in [0, 0.1) is 0 Å². The van der Waals surface area contributed by atoms with Gasteiger partial charge in [-0.3, -0.25) is 0 Å². The first-order valence-electron chi connectivity index (χ1n) is 5.39. The number of pyridine rings is 1. The Balaban J connectivity index is 2.07. The van der Waals surface area contributed by atoms with Crippen molar-refractivity contribution in [3.63, 3.8) is 0 Å². The summed E-state index contributed by atoms with van der Waals surface area (Å²) < 4.78 is 11.8. The molecule has 0 spiro atoms. The fourth-order valence-corrected chi connectivity index (χ4v) is 1.78. The summed E-state index contributed by atoms with van der Waals surface area (Å²) in [6.45, 7) is 5.10. The van der Waals surface area contributed by atoms with Gasteiger partial charge in [-0.1, -0.05) is 6.92 Å². The van der Waals surface area contributed by atoms with Crippen LogP contribution in [0.2, 0.25) is 0 Å². The highest BCUT2D eigenvalue weighted by molar-refractivity contribution is 9.10. The molecule has 0 unspecified atom stereocenters. The second kappa shape index (κ2) is 5.61. The average Bonchev–Trinajstić information content (AvgIpc) is 2.22. The number of aromatic nitrogens is 1. The van der Waals surface area contributed by atoms with E-state index in [1.165, 1.54) is 0 Å². The molecule has 1 fully saturated rings. The van der Waals surface area contributed by atoms with Gasteiger partial charge in [-0.15, -0.1) is 0 Å². The maximum Gasteiger partial charge on any atom is 0.218 e. The van der Waals surface area contributed by atoms with Crippen molar-refractivity contribution >= 4 is 15.9 Å². The molecule has 16 heavy (non-hydrogen) atoms. The minimum absolute atomic E-state index is 0.161. The van der Waals surface area contributed by atoms with Crippen molar-refractivity contribution in [3.8, 4) is 5.88 Å². The van der Waals surface area contributed by atoms with Crippen LogP contribution in [-0.4, -0.2) is 30.8 Å². The van der Waals surface area contributed by atoms with E-state index in [1.54, 1.807) is 6.20 Å². The zero-order chi connectivity index (χ0) is 11.4. The lowest BCUT2D eigenvalue weighted by molar-refractivity contribution is -0.0817. The Morgan fingerprint density at radius 1 is 1.62 bits per heavy atom. The van der Waals surface area contributed by atoms with Crippen LogP contribution in [0.3, 0.4) is 0 Å². The summed E-state index contributed by atoms with van der Waals surface area (Å²) in [5.41, 5.74) is 1.07. The van der Waals surface area contributed by atoms with Crippen LogP contribution in [0.1, 0.15) is 12.5 Å². The smallest absolute Gasteiger partial charge is 0.218 e. The normalized spacial score (nSPS) is 15.9. The average molecular weight is 287 g/mol. The summed E-state index contributed by atoms with van der Waals surface area (Å²) in [5, 5.41) is 3.27. The summed E-state index contributed by atoms with van der Waals surface area (Å²) in [6, 6.07) is 2.03. The third-order valence-electron chi connectivity index (χ3n) is 2.34. The Labute approximate surface area is 103 Å². The van der Waals surface area contributed by atoms with E-state index < -0.39 is 0 Å². The van der Waals surface area contributed by atoms with Crippen molar-refractivity contribution in [1.82, 2.24) is 10.3 Å². The molecule has 0 aromatic carbocycles. The van der Waals surface area contributed by atoms with Gasteiger partial charge in [0.2, 0.25) is 5.88 Å². The number of nitrogens with zero attached hydrogens (tertiary/aromatic N) is 1. The van der Waals surface area contributed by atoms with Crippen LogP contribution >= 0.6 is 15.9 Å². The third kappa shape index (κ3) is 2.93. The van der Waals surface area contributed by atoms with E-state index in [4.69, 9.17) is 9.47 Å². The SMILES string of the molecule is CCNCc1cc(Br)cnc1OC1COC1. The van der Waals surface area contributed by atoms with Gasteiger partial charge >= 0.3 is 0 Å². The van der Waals surface area contributed by atoms with Gasteiger partial charge < -0.3 is 14.8 Å². The summed E-state index contributed by atoms with van der Waals surface area (Å²) in [5.74, 6) is 0.706. The predicted molar refractivity (Wildman–Crippen MR) is 64.6 cm³/mol. The Morgan fingerprint density at radius 2 is 2.44 bits per heavy atom. The number of hydrogen-bond donors (Lipinski definition) is 1. The van der Waals surface area contributed by atoms with Gasteiger partial charge in [0.15, 0.2) is 0 Å². The highest BCUT2D eigenvalue weighted by atomic mass is 79.9. The molecule has 1 aromatic heterocycles. The van der Waals surface area contributed by atoms with E-state index in [1.807, 2.05) is 6.07 Å². The Hall–Kier alpha value is -0.650. The first-order chi connectivity index (χ1) is 7.79. The minimum Gasteiger partial charge on any atom is -0.469 e. The highest BCUT2D eigenvalue weighted by Crippen LogP contribution is 2.22. The zero-order valence-corrected chi connectivity index (χ0v) is 10.8. The van der Waals surface area contributed by atoms with Gasteiger partial charge in [-0.2, -0.15) is 0 Å². The monoisotopic (exact) mass is 286 g/mol. The van der Waals surface area contributed by atoms with Crippen LogP contribution in [-0.2, 0) is 11.3 Å². The molecule has 2 rings (SSSR count). The van der Waals surface area contributed by atoms with Gasteiger partial charge in [0.1, 0.15) is 6.10 Å². The van der Waals surface area contributed by atoms with E-state index in [-0.39, 0.29) is 6.10 Å². The molecule has 1 aliphatic rings. The number of nitrogens with one attached hydrogen (secondary N) is 1. The van der Waals surface area contributed by atoms with E-state index in [2.05, 4.69) is 33.2 Å². The summed E-state index contributed by atoms with van der Waals surface area (Å²) in [6.07, 6.45) is 1.92. The summed E-state index contributed by atoms with van der Waals surface area (Å²) >= 11 is 3.41. The van der Waals surface area contributed by atoms with Crippen molar-refractivity contribution in [3.05, 3.63) is 22.3 Å². The lowest BCUT2D eigenvalue weighted by atomic mass is 10.2. The van der Waals surface area contributed by atoms with E-state index in [9.17, 15) is 0 Å². The molecule has 1 aliphatic heterocycles. The standard InChI is InChI=1S/C11H15BrN2O2/c1-2-13-4-8-3-9(12)5-14-11(8)16-10-6-15-7-10/h3,5,10,13H,2,4,6-7H2,1H3. The van der Waals surface area contributed by atoms with Gasteiger partial charge in [-0.25, -0.2) is 4.98 Å². The topological polar surface area (TPSA) is 43.4 Å². The Kier molecular flexibility index (Phi) is 4.15. The molecule has 0 amide bonds. The zero-order valence-electron chi connectivity index (χ0n) is 9.20. The van der Waals surface area contributed by atoms with Crippen LogP contribution in [0.15, 0.2) is 16.7 Å². The molecule has 1 aromatic rings. The van der Waals surface area contributed by atoms with E-state index >= 15 is 0 Å². The molecule has 2 heterocycles. The maximum absolute atomic E-state index is 5.74. The van der Waals surface area contributed by atoms with Gasteiger partial charge in [0.05, 0.1) is 13.2 Å². The second-order valence-electron chi connectivity index (χ2n) is 3.68. The fourth-order valence-electron chi connectivity index (χ4n) is 1.40. The molecule has 0 aliphatic carbocycles. The van der Waals surface area contributed by atoms with Crippen LogP contribution in [0.25, 0.3) is 0 Å². The Morgan fingerprint density at radius 3 is 3.06 bits per heavy atom. The van der Waals surface area contributed by atoms with E-state index in [0.29, 0.717) is 19.1 Å². The predicted octanol–water partition coefficient (Wildman–Crippen LogP) is 1.73. The number of rotatable bonds is 5. The van der Waals surface area contributed by atoms with Crippen molar-refractivity contribution < 1.29 is 9.47 Å². The first kappa shape index (κ1) is 11.8. The van der Waals surface area contributed by atoms with Crippen LogP contribution in [0.5, 0.6) is 5.88 Å². The van der Waals surface area contributed by atoms with Crippen molar-refractivity contribution in [2.45, 2.75) is 19.6 Å². The molecule has 0 atom stereocenters. The minimum atomic E-state index is 0.161. The molecule has 88 valence electrons. The molecule has 1 N–H and O–H groups in total. The van der Waals surface area contributed by atoms with E-state index in [0.717, 1.165) is 23.1 Å². The summed E-state index contributed by atoms with van der Waals surface area (Å²) in [4.78, 5) is 4.29. The molecular weight excluding hydrogens is 272 g/mol. The lowest BCUT2D eigenvalue weighted by Gasteiger charge is -2.27. The molecule has 0 bridgehead atoms. The van der Waals surface area contributed by atoms with Gasteiger partial charge in [0, 0.05) is 22.8 Å². The van der Waals surface area contributed by atoms with Gasteiger partial charge in [-0.05, 0) is 28.5 Å². The second-order valence-corrected chi connectivity index (χ2v) is 4.59. The largest absolute Gasteiger partial charge is 0.469 e. The Bertz CT molecular complexity index is 356. The molecule has 4 nitrogen and oxygen atoms in total. The first-order valence-corrected chi connectivity index (χ1v) is 6.18. The third-order valence-corrected chi connectivity index (χ3v) is 2.78. The highest BCUT2D eigenvalue weighted by Gasteiger charge is 2.21. The number of ether oxygens (including phenoxy) is 2. The fraction of sp³-hybridized carbons (Fsp3) is 0.545. The number of halogens is 1. The molecule has 0 saturated carbocycles. The van der Waals surface area contributed by atoms with Crippen LogP contribution in [0.4, 0.5) is 0 Å². The molecule has 5 heteroatoms. The van der Waals surface area contributed by atoms with Crippen LogP contribution < -0.4 is 10.1 Å². The van der Waals surface area contributed by atoms with Crippen molar-refractivity contribution in [2.24, 2.45) is 0 Å². The van der Waals surface area contributed by atoms with Gasteiger partial charge in [0.25, 0.3) is 0 Å². The molecular formula is C11H15BrN2O2.